The van der Waals surface area contributed by atoms with E-state index in [2.05, 4.69) is 11.9 Å². The summed E-state index contributed by atoms with van der Waals surface area (Å²) in [6.45, 7) is 4.91. The molecule has 1 aromatic carbocycles. The van der Waals surface area contributed by atoms with Crippen LogP contribution in [0.2, 0.25) is 0 Å². The highest BCUT2D eigenvalue weighted by molar-refractivity contribution is 7.98. The van der Waals surface area contributed by atoms with E-state index in [0.29, 0.717) is 31.0 Å². The first-order valence-corrected chi connectivity index (χ1v) is 10.4. The zero-order valence-electron chi connectivity index (χ0n) is 16.6. The summed E-state index contributed by atoms with van der Waals surface area (Å²) in [5, 5.41) is 2.83. The van der Waals surface area contributed by atoms with Gasteiger partial charge in [0.15, 0.2) is 0 Å². The number of benzene rings is 1. The van der Waals surface area contributed by atoms with Gasteiger partial charge in [-0.3, -0.25) is 9.69 Å². The van der Waals surface area contributed by atoms with Crippen LogP contribution in [0.1, 0.15) is 12.0 Å². The normalized spacial score (nSPS) is 18.7. The monoisotopic (exact) mass is 408 g/mol. The largest absolute Gasteiger partial charge is 0.497 e. The fourth-order valence-electron chi connectivity index (χ4n) is 2.78. The topological polar surface area (TPSA) is 76.9 Å². The van der Waals surface area contributed by atoms with Gasteiger partial charge in [-0.25, -0.2) is 4.79 Å². The van der Waals surface area contributed by atoms with Crippen LogP contribution in [0, 0.1) is 0 Å². The first kappa shape index (κ1) is 22.1. The second-order valence-corrected chi connectivity index (χ2v) is 7.41. The maximum Gasteiger partial charge on any atom is 0.328 e. The highest BCUT2D eigenvalue weighted by atomic mass is 32.2. The molecule has 0 saturated carbocycles. The number of nitrogens with one attached hydrogen (secondary N) is 1. The van der Waals surface area contributed by atoms with Crippen LogP contribution in [-0.4, -0.2) is 68.2 Å². The van der Waals surface area contributed by atoms with E-state index < -0.39 is 12.0 Å². The summed E-state index contributed by atoms with van der Waals surface area (Å²) in [6.07, 6.45) is 4.00. The van der Waals surface area contributed by atoms with Crippen LogP contribution in [0.3, 0.4) is 0 Å². The summed E-state index contributed by atoms with van der Waals surface area (Å²) < 4.78 is 15.7. The van der Waals surface area contributed by atoms with Crippen LogP contribution in [0.25, 0.3) is 0 Å². The fraction of sp³-hybridized carbons (Fsp3) is 0.500. The number of carbonyl (C=O) groups excluding carboxylic acids is 2. The van der Waals surface area contributed by atoms with Gasteiger partial charge in [0.05, 0.1) is 14.2 Å². The van der Waals surface area contributed by atoms with Crippen molar-refractivity contribution in [1.29, 1.82) is 0 Å². The lowest BCUT2D eigenvalue weighted by Crippen LogP contribution is -2.44. The molecule has 0 bridgehead atoms. The number of hydrogen-bond donors (Lipinski definition) is 1. The third kappa shape index (κ3) is 6.45. The van der Waals surface area contributed by atoms with E-state index in [1.54, 1.807) is 32.0 Å². The van der Waals surface area contributed by atoms with Gasteiger partial charge in [-0.05, 0) is 36.1 Å². The van der Waals surface area contributed by atoms with Crippen molar-refractivity contribution in [2.45, 2.75) is 25.0 Å². The van der Waals surface area contributed by atoms with Gasteiger partial charge >= 0.3 is 5.97 Å². The average Bonchev–Trinajstić information content (AvgIpc) is 3.47. The van der Waals surface area contributed by atoms with Gasteiger partial charge in [0.2, 0.25) is 5.91 Å². The van der Waals surface area contributed by atoms with Crippen LogP contribution in [-0.2, 0) is 20.9 Å². The van der Waals surface area contributed by atoms with Crippen molar-refractivity contribution in [3.05, 3.63) is 36.4 Å². The third-order valence-corrected chi connectivity index (χ3v) is 5.01. The Morgan fingerprint density at radius 1 is 1.32 bits per heavy atom. The van der Waals surface area contributed by atoms with Crippen LogP contribution < -0.4 is 14.8 Å². The number of amides is 1. The van der Waals surface area contributed by atoms with E-state index in [9.17, 15) is 9.59 Å². The Hall–Kier alpha value is -2.19. The number of thioether (sulfide) groups is 1. The highest BCUT2D eigenvalue weighted by Gasteiger charge is 2.41. The molecule has 3 atom stereocenters. The summed E-state index contributed by atoms with van der Waals surface area (Å²) in [6, 6.07) is 4.76. The molecular formula is C20H28N2O5S. The van der Waals surface area contributed by atoms with Gasteiger partial charge in [-0.2, -0.15) is 11.8 Å². The zero-order chi connectivity index (χ0) is 20.5. The van der Waals surface area contributed by atoms with E-state index >= 15 is 0 Å². The predicted octanol–water partition coefficient (Wildman–Crippen LogP) is 1.86. The molecule has 0 aliphatic carbocycles. The molecule has 1 saturated heterocycles. The summed E-state index contributed by atoms with van der Waals surface area (Å²) in [5.74, 6) is 1.59. The third-order valence-electron chi connectivity index (χ3n) is 4.37. The second-order valence-electron chi connectivity index (χ2n) is 6.43. The van der Waals surface area contributed by atoms with E-state index in [4.69, 9.17) is 14.2 Å². The number of hydrogen-bond acceptors (Lipinski definition) is 7. The van der Waals surface area contributed by atoms with Crippen molar-refractivity contribution < 1.29 is 23.8 Å². The standard InChI is InChI=1S/C20H28N2O5S/c1-5-7-27-20(24)17(6-8-28-4)21-19(23)18-13-22(18)12-14-9-15(25-2)11-16(10-14)26-3/h5,9-11,17-18H,1,6-8,12-13H2,2-4H3,(H,21,23)/t17-,18?,22?/m0/s1. The van der Waals surface area contributed by atoms with Crippen LogP contribution in [0.5, 0.6) is 11.5 Å². The lowest BCUT2D eigenvalue weighted by Gasteiger charge is -2.17. The molecule has 2 rings (SSSR count). The molecule has 0 radical (unpaired) electrons. The summed E-state index contributed by atoms with van der Waals surface area (Å²) >= 11 is 1.62. The van der Waals surface area contributed by atoms with Crippen LogP contribution >= 0.6 is 11.8 Å². The number of ether oxygens (including phenoxy) is 3. The van der Waals surface area contributed by atoms with Crippen molar-refractivity contribution in [2.75, 3.05) is 39.4 Å². The number of carbonyl (C=O) groups is 2. The molecule has 1 fully saturated rings. The number of rotatable bonds is 12. The Kier molecular flexibility index (Phi) is 8.66. The molecule has 0 spiro atoms. The molecule has 7 nitrogen and oxygen atoms in total. The maximum absolute atomic E-state index is 12.6. The van der Waals surface area contributed by atoms with Crippen molar-refractivity contribution in [2.24, 2.45) is 0 Å². The second kappa shape index (κ2) is 11.0. The summed E-state index contributed by atoms with van der Waals surface area (Å²) in [7, 11) is 3.21. The molecule has 1 heterocycles. The lowest BCUT2D eigenvalue weighted by molar-refractivity contribution is -0.146. The quantitative estimate of drug-likeness (QED) is 0.321. The molecule has 28 heavy (non-hydrogen) atoms. The first-order chi connectivity index (χ1) is 13.5. The van der Waals surface area contributed by atoms with Gasteiger partial charge in [0, 0.05) is 19.2 Å². The maximum atomic E-state index is 12.6. The van der Waals surface area contributed by atoms with Gasteiger partial charge in [-0.1, -0.05) is 12.7 Å². The highest BCUT2D eigenvalue weighted by Crippen LogP contribution is 2.27. The van der Waals surface area contributed by atoms with Crippen molar-refractivity contribution in [3.8, 4) is 11.5 Å². The Bertz CT molecular complexity index is 675. The van der Waals surface area contributed by atoms with E-state index in [-0.39, 0.29) is 18.6 Å². The number of nitrogens with zero attached hydrogens (tertiary/aromatic N) is 1. The Morgan fingerprint density at radius 2 is 2.00 bits per heavy atom. The molecule has 1 aliphatic rings. The van der Waals surface area contributed by atoms with Crippen LogP contribution in [0.4, 0.5) is 0 Å². The Balaban J connectivity index is 1.92. The van der Waals surface area contributed by atoms with Crippen molar-refractivity contribution in [3.63, 3.8) is 0 Å². The smallest absolute Gasteiger partial charge is 0.328 e. The molecule has 154 valence electrons. The molecule has 2 unspecified atom stereocenters. The van der Waals surface area contributed by atoms with E-state index in [1.807, 2.05) is 23.3 Å². The van der Waals surface area contributed by atoms with Crippen molar-refractivity contribution in [1.82, 2.24) is 10.2 Å². The lowest BCUT2D eigenvalue weighted by atomic mass is 10.2. The molecule has 1 amide bonds. The van der Waals surface area contributed by atoms with Crippen molar-refractivity contribution >= 4 is 23.6 Å². The average molecular weight is 409 g/mol. The predicted molar refractivity (Wildman–Crippen MR) is 110 cm³/mol. The van der Waals surface area contributed by atoms with Gasteiger partial charge in [0.25, 0.3) is 0 Å². The summed E-state index contributed by atoms with van der Waals surface area (Å²) in [4.78, 5) is 26.7. The van der Waals surface area contributed by atoms with Gasteiger partial charge in [-0.15, -0.1) is 0 Å². The summed E-state index contributed by atoms with van der Waals surface area (Å²) in [5.41, 5.74) is 0.996. The van der Waals surface area contributed by atoms with Crippen LogP contribution in [0.15, 0.2) is 30.9 Å². The molecular weight excluding hydrogens is 380 g/mol. The number of esters is 1. The SMILES string of the molecule is C=CCOC(=O)[C@H](CCSC)NC(=O)C1CN1Cc1cc(OC)cc(OC)c1. The Morgan fingerprint density at radius 3 is 2.57 bits per heavy atom. The minimum atomic E-state index is -0.640. The molecule has 1 aliphatic heterocycles. The first-order valence-electron chi connectivity index (χ1n) is 9.05. The molecule has 8 heteroatoms. The molecule has 0 aromatic heterocycles. The molecule has 1 aromatic rings. The van der Waals surface area contributed by atoms with E-state index in [0.717, 1.165) is 11.3 Å². The van der Waals surface area contributed by atoms with E-state index in [1.165, 1.54) is 6.08 Å². The Labute approximate surface area is 170 Å². The fourth-order valence-corrected chi connectivity index (χ4v) is 3.26. The minimum absolute atomic E-state index is 0.137. The van der Waals surface area contributed by atoms with Gasteiger partial charge in [0.1, 0.15) is 30.2 Å². The number of methoxy groups -OCH3 is 2. The minimum Gasteiger partial charge on any atom is -0.497 e. The molecule has 1 N–H and O–H groups in total. The van der Waals surface area contributed by atoms with Gasteiger partial charge < -0.3 is 19.5 Å². The zero-order valence-corrected chi connectivity index (χ0v) is 17.4.